The van der Waals surface area contributed by atoms with Crippen molar-refractivity contribution >= 4 is 23.1 Å². The van der Waals surface area contributed by atoms with Crippen LogP contribution in [0.5, 0.6) is 5.88 Å². The zero-order valence-electron chi connectivity index (χ0n) is 11.9. The lowest BCUT2D eigenvalue weighted by molar-refractivity contribution is 0.0691. The molecule has 0 spiro atoms. The smallest absolute Gasteiger partial charge is 0.355 e. The molecule has 21 heavy (non-hydrogen) atoms. The lowest BCUT2D eigenvalue weighted by Gasteiger charge is -2.13. The van der Waals surface area contributed by atoms with Crippen LogP contribution < -0.4 is 10.1 Å². The molecule has 1 unspecified atom stereocenters. The second-order valence-corrected chi connectivity index (χ2v) is 5.54. The van der Waals surface area contributed by atoms with Crippen LogP contribution >= 0.6 is 11.3 Å². The van der Waals surface area contributed by atoms with Crippen molar-refractivity contribution in [2.24, 2.45) is 0 Å². The number of ether oxygens (including phenoxy) is 1. The third-order valence-electron chi connectivity index (χ3n) is 2.47. The van der Waals surface area contributed by atoms with Crippen molar-refractivity contribution in [2.75, 3.05) is 5.32 Å². The fourth-order valence-electron chi connectivity index (χ4n) is 1.59. The monoisotopic (exact) mass is 308 g/mol. The van der Waals surface area contributed by atoms with Gasteiger partial charge < -0.3 is 15.2 Å². The molecular formula is C13H16N4O3S. The third kappa shape index (κ3) is 4.12. The van der Waals surface area contributed by atoms with Crippen molar-refractivity contribution in [3.05, 3.63) is 28.5 Å². The van der Waals surface area contributed by atoms with Gasteiger partial charge in [0.05, 0.1) is 12.1 Å². The first kappa shape index (κ1) is 15.2. The SMILES string of the molecule is CC(C)Oc1cc(NC(C)c2nc(C(=O)O)cs2)ncn1. The van der Waals surface area contributed by atoms with E-state index in [1.165, 1.54) is 23.0 Å². The molecule has 0 fully saturated rings. The highest BCUT2D eigenvalue weighted by molar-refractivity contribution is 7.09. The van der Waals surface area contributed by atoms with Crippen molar-refractivity contribution in [3.63, 3.8) is 0 Å². The van der Waals surface area contributed by atoms with Crippen molar-refractivity contribution in [2.45, 2.75) is 32.9 Å². The Bertz CT molecular complexity index is 629. The summed E-state index contributed by atoms with van der Waals surface area (Å²) < 4.78 is 5.50. The maximum Gasteiger partial charge on any atom is 0.355 e. The minimum Gasteiger partial charge on any atom is -0.476 e. The van der Waals surface area contributed by atoms with Gasteiger partial charge in [0.15, 0.2) is 5.69 Å². The molecule has 0 saturated heterocycles. The summed E-state index contributed by atoms with van der Waals surface area (Å²) in [6.07, 6.45) is 1.44. The number of hydrogen-bond donors (Lipinski definition) is 2. The fraction of sp³-hybridized carbons (Fsp3) is 0.385. The van der Waals surface area contributed by atoms with Crippen LogP contribution in [0.2, 0.25) is 0 Å². The summed E-state index contributed by atoms with van der Waals surface area (Å²) >= 11 is 1.29. The summed E-state index contributed by atoms with van der Waals surface area (Å²) in [5, 5.41) is 14.2. The number of nitrogens with one attached hydrogen (secondary N) is 1. The molecule has 8 heteroatoms. The molecule has 2 heterocycles. The molecular weight excluding hydrogens is 292 g/mol. The van der Waals surface area contributed by atoms with Gasteiger partial charge in [0.1, 0.15) is 17.2 Å². The third-order valence-corrected chi connectivity index (χ3v) is 3.50. The van der Waals surface area contributed by atoms with Gasteiger partial charge in [-0.3, -0.25) is 0 Å². The van der Waals surface area contributed by atoms with Crippen LogP contribution in [0.3, 0.4) is 0 Å². The second-order valence-electron chi connectivity index (χ2n) is 4.65. The molecule has 1 atom stereocenters. The van der Waals surface area contributed by atoms with Gasteiger partial charge in [-0.2, -0.15) is 0 Å². The Balaban J connectivity index is 2.07. The Labute approximate surface area is 126 Å². The lowest BCUT2D eigenvalue weighted by atomic mass is 10.3. The summed E-state index contributed by atoms with van der Waals surface area (Å²) in [6.45, 7) is 5.72. The number of carboxylic acid groups (broad SMARTS) is 1. The fourth-order valence-corrected chi connectivity index (χ4v) is 2.39. The van der Waals surface area contributed by atoms with Gasteiger partial charge in [0.25, 0.3) is 0 Å². The second kappa shape index (κ2) is 6.49. The van der Waals surface area contributed by atoms with Gasteiger partial charge in [0.2, 0.25) is 5.88 Å². The molecule has 112 valence electrons. The van der Waals surface area contributed by atoms with Crippen LogP contribution in [0.15, 0.2) is 17.8 Å². The summed E-state index contributed by atoms with van der Waals surface area (Å²) in [4.78, 5) is 23.0. The van der Waals surface area contributed by atoms with E-state index in [1.54, 1.807) is 6.07 Å². The summed E-state index contributed by atoms with van der Waals surface area (Å²) in [5.41, 5.74) is 0.0511. The van der Waals surface area contributed by atoms with Gasteiger partial charge in [-0.1, -0.05) is 0 Å². The summed E-state index contributed by atoms with van der Waals surface area (Å²) in [6, 6.07) is 1.53. The number of anilines is 1. The quantitative estimate of drug-likeness (QED) is 0.846. The molecule has 0 bridgehead atoms. The van der Waals surface area contributed by atoms with Crippen molar-refractivity contribution < 1.29 is 14.6 Å². The number of carbonyl (C=O) groups is 1. The van der Waals surface area contributed by atoms with Crippen LogP contribution in [0, 0.1) is 0 Å². The van der Waals surface area contributed by atoms with E-state index in [2.05, 4.69) is 20.3 Å². The molecule has 2 rings (SSSR count). The molecule has 0 radical (unpaired) electrons. The minimum absolute atomic E-state index is 0.0299. The van der Waals surface area contributed by atoms with Crippen LogP contribution in [0.4, 0.5) is 5.82 Å². The Morgan fingerprint density at radius 1 is 1.38 bits per heavy atom. The van der Waals surface area contributed by atoms with Crippen LogP contribution in [-0.2, 0) is 0 Å². The number of thiazole rings is 1. The Morgan fingerprint density at radius 2 is 2.14 bits per heavy atom. The van der Waals surface area contributed by atoms with Crippen LogP contribution in [0.1, 0.15) is 42.3 Å². The summed E-state index contributed by atoms with van der Waals surface area (Å²) in [7, 11) is 0. The first-order chi connectivity index (χ1) is 9.95. The maximum atomic E-state index is 10.8. The van der Waals surface area contributed by atoms with Gasteiger partial charge in [-0.05, 0) is 20.8 Å². The zero-order valence-corrected chi connectivity index (χ0v) is 12.7. The number of aromatic nitrogens is 3. The van der Waals surface area contributed by atoms with Gasteiger partial charge in [-0.25, -0.2) is 19.7 Å². The lowest BCUT2D eigenvalue weighted by Crippen LogP contribution is -2.10. The normalized spacial score (nSPS) is 12.2. The van der Waals surface area contributed by atoms with E-state index < -0.39 is 5.97 Å². The molecule has 0 aliphatic heterocycles. The van der Waals surface area contributed by atoms with E-state index in [1.807, 2.05) is 20.8 Å². The standard InChI is InChI=1S/C13H16N4O3S/c1-7(2)20-11-4-10(14-6-15-11)16-8(3)12-17-9(5-21-12)13(18)19/h4-8H,1-3H3,(H,18,19)(H,14,15,16). The number of hydrogen-bond acceptors (Lipinski definition) is 7. The van der Waals surface area contributed by atoms with E-state index in [0.717, 1.165) is 0 Å². The first-order valence-electron chi connectivity index (χ1n) is 6.39. The average molecular weight is 308 g/mol. The molecule has 7 nitrogen and oxygen atoms in total. The number of carboxylic acids is 1. The van der Waals surface area contributed by atoms with Crippen molar-refractivity contribution in [1.82, 2.24) is 15.0 Å². The van der Waals surface area contributed by atoms with E-state index >= 15 is 0 Å². The predicted octanol–water partition coefficient (Wildman–Crippen LogP) is 2.59. The molecule has 2 N–H and O–H groups in total. The van der Waals surface area contributed by atoms with Gasteiger partial charge in [0, 0.05) is 11.4 Å². The molecule has 0 saturated carbocycles. The number of rotatable bonds is 6. The van der Waals surface area contributed by atoms with Crippen LogP contribution in [-0.4, -0.2) is 32.1 Å². The van der Waals surface area contributed by atoms with E-state index in [4.69, 9.17) is 9.84 Å². The van der Waals surface area contributed by atoms with E-state index in [9.17, 15) is 4.79 Å². The molecule has 2 aromatic rings. The number of nitrogens with zero attached hydrogens (tertiary/aromatic N) is 3. The minimum atomic E-state index is -1.03. The predicted molar refractivity (Wildman–Crippen MR) is 78.9 cm³/mol. The van der Waals surface area contributed by atoms with Crippen molar-refractivity contribution in [1.29, 1.82) is 0 Å². The van der Waals surface area contributed by atoms with E-state index in [0.29, 0.717) is 16.7 Å². The Kier molecular flexibility index (Phi) is 4.69. The Morgan fingerprint density at radius 3 is 2.76 bits per heavy atom. The molecule has 0 aliphatic rings. The zero-order chi connectivity index (χ0) is 15.4. The van der Waals surface area contributed by atoms with Gasteiger partial charge >= 0.3 is 5.97 Å². The highest BCUT2D eigenvalue weighted by atomic mass is 32.1. The number of aromatic carboxylic acids is 1. The molecule has 0 aliphatic carbocycles. The largest absolute Gasteiger partial charge is 0.476 e. The molecule has 2 aromatic heterocycles. The summed E-state index contributed by atoms with van der Waals surface area (Å²) in [5.74, 6) is 0.0552. The maximum absolute atomic E-state index is 10.8. The first-order valence-corrected chi connectivity index (χ1v) is 7.27. The van der Waals surface area contributed by atoms with E-state index in [-0.39, 0.29) is 17.8 Å². The van der Waals surface area contributed by atoms with Crippen LogP contribution in [0.25, 0.3) is 0 Å². The average Bonchev–Trinajstić information content (AvgIpc) is 2.88. The van der Waals surface area contributed by atoms with Gasteiger partial charge in [-0.15, -0.1) is 11.3 Å². The molecule has 0 amide bonds. The highest BCUT2D eigenvalue weighted by Crippen LogP contribution is 2.22. The Hall–Kier alpha value is -2.22. The molecule has 0 aromatic carbocycles. The highest BCUT2D eigenvalue weighted by Gasteiger charge is 2.14. The van der Waals surface area contributed by atoms with Crippen molar-refractivity contribution in [3.8, 4) is 5.88 Å². The topological polar surface area (TPSA) is 97.2 Å².